The fourth-order valence-electron chi connectivity index (χ4n) is 3.11. The third-order valence-corrected chi connectivity index (χ3v) is 6.21. The number of nitrogens with one attached hydrogen (secondary N) is 2. The second-order valence-electron chi connectivity index (χ2n) is 7.62. The third kappa shape index (κ3) is 6.43. The molecule has 1 aromatic heterocycles. The first kappa shape index (κ1) is 24.9. The number of anilines is 2. The van der Waals surface area contributed by atoms with Crippen molar-refractivity contribution < 1.29 is 24.2 Å². The summed E-state index contributed by atoms with van der Waals surface area (Å²) in [5, 5.41) is 15.3. The lowest BCUT2D eigenvalue weighted by Crippen LogP contribution is -2.43. The second kappa shape index (κ2) is 11.4. The molecule has 0 saturated carbocycles. The maximum absolute atomic E-state index is 13.0. The molecule has 2 amide bonds. The van der Waals surface area contributed by atoms with Gasteiger partial charge in [0.25, 0.3) is 0 Å². The van der Waals surface area contributed by atoms with Crippen molar-refractivity contribution in [3.63, 3.8) is 0 Å². The number of thiophene rings is 1. The van der Waals surface area contributed by atoms with Gasteiger partial charge in [0.1, 0.15) is 10.8 Å². The molecule has 2 aromatic carbocycles. The Morgan fingerprint density at radius 1 is 1.06 bits per heavy atom. The molecule has 0 aliphatic carbocycles. The van der Waals surface area contributed by atoms with E-state index in [1.54, 1.807) is 44.0 Å². The Bertz CT molecular complexity index is 1150. The van der Waals surface area contributed by atoms with E-state index in [0.717, 1.165) is 10.4 Å². The highest BCUT2D eigenvalue weighted by Crippen LogP contribution is 2.36. The number of rotatable bonds is 9. The Hall–Kier alpha value is -3.69. The predicted octanol–water partition coefficient (Wildman–Crippen LogP) is 4.19. The van der Waals surface area contributed by atoms with E-state index >= 15 is 0 Å². The first-order chi connectivity index (χ1) is 16.3. The minimum atomic E-state index is -0.650. The molecule has 34 heavy (non-hydrogen) atoms. The highest BCUT2D eigenvalue weighted by atomic mass is 32.1. The number of likely N-dealkylation sites (N-methyl/N-ethyl adjacent to an activating group) is 1. The van der Waals surface area contributed by atoms with Crippen LogP contribution in [0.5, 0.6) is 5.75 Å². The van der Waals surface area contributed by atoms with Gasteiger partial charge in [0, 0.05) is 10.6 Å². The van der Waals surface area contributed by atoms with Gasteiger partial charge in [-0.15, -0.1) is 11.3 Å². The third-order valence-electron chi connectivity index (χ3n) is 5.11. The minimum absolute atomic E-state index is 0.0279. The summed E-state index contributed by atoms with van der Waals surface area (Å²) in [4.78, 5) is 40.2. The number of carbonyl (C=O) groups is 3. The first-order valence-corrected chi connectivity index (χ1v) is 11.6. The SMILES string of the molecule is CCOC(=O)c1cc(-c2ccccc2)sc1NC(=O)[C@H](C)N(C)CC(=O)Nc1ccc(O)cc1. The Balaban J connectivity index is 1.69. The summed E-state index contributed by atoms with van der Waals surface area (Å²) in [7, 11) is 1.66. The van der Waals surface area contributed by atoms with E-state index in [4.69, 9.17) is 4.74 Å². The van der Waals surface area contributed by atoms with E-state index in [2.05, 4.69) is 10.6 Å². The van der Waals surface area contributed by atoms with E-state index in [1.165, 1.54) is 23.5 Å². The molecule has 0 saturated heterocycles. The molecule has 3 aromatic rings. The van der Waals surface area contributed by atoms with Crippen LogP contribution < -0.4 is 10.6 Å². The molecule has 0 unspecified atom stereocenters. The molecule has 3 rings (SSSR count). The molecule has 1 heterocycles. The van der Waals surface area contributed by atoms with Crippen LogP contribution in [0.4, 0.5) is 10.7 Å². The quantitative estimate of drug-likeness (QED) is 0.312. The number of hydrogen-bond acceptors (Lipinski definition) is 7. The topological polar surface area (TPSA) is 108 Å². The van der Waals surface area contributed by atoms with Gasteiger partial charge < -0.3 is 20.5 Å². The number of esters is 1. The van der Waals surface area contributed by atoms with Crippen LogP contribution in [0.3, 0.4) is 0 Å². The van der Waals surface area contributed by atoms with E-state index in [9.17, 15) is 19.5 Å². The maximum Gasteiger partial charge on any atom is 0.341 e. The number of ether oxygens (including phenoxy) is 1. The van der Waals surface area contributed by atoms with E-state index < -0.39 is 12.0 Å². The molecule has 0 aliphatic heterocycles. The predicted molar refractivity (Wildman–Crippen MR) is 133 cm³/mol. The van der Waals surface area contributed by atoms with E-state index in [1.807, 2.05) is 30.3 Å². The first-order valence-electron chi connectivity index (χ1n) is 10.7. The molecular formula is C25H27N3O5S. The van der Waals surface area contributed by atoms with Crippen LogP contribution >= 0.6 is 11.3 Å². The van der Waals surface area contributed by atoms with E-state index in [0.29, 0.717) is 16.3 Å². The Morgan fingerprint density at radius 3 is 2.38 bits per heavy atom. The highest BCUT2D eigenvalue weighted by Gasteiger charge is 2.24. The van der Waals surface area contributed by atoms with Crippen LogP contribution in [-0.4, -0.2) is 54.0 Å². The van der Waals surface area contributed by atoms with Crippen molar-refractivity contribution in [2.24, 2.45) is 0 Å². The van der Waals surface area contributed by atoms with Gasteiger partial charge in [-0.05, 0) is 56.8 Å². The van der Waals surface area contributed by atoms with Crippen molar-refractivity contribution >= 4 is 39.8 Å². The van der Waals surface area contributed by atoms with Gasteiger partial charge >= 0.3 is 5.97 Å². The molecular weight excluding hydrogens is 454 g/mol. The Morgan fingerprint density at radius 2 is 1.74 bits per heavy atom. The monoisotopic (exact) mass is 481 g/mol. The van der Waals surface area contributed by atoms with Gasteiger partial charge in [0.05, 0.1) is 24.8 Å². The maximum atomic E-state index is 13.0. The van der Waals surface area contributed by atoms with Crippen molar-refractivity contribution in [3.05, 3.63) is 66.2 Å². The number of amides is 2. The zero-order chi connectivity index (χ0) is 24.7. The van der Waals surface area contributed by atoms with Crippen molar-refractivity contribution in [2.45, 2.75) is 19.9 Å². The largest absolute Gasteiger partial charge is 0.508 e. The fraction of sp³-hybridized carbons (Fsp3) is 0.240. The van der Waals surface area contributed by atoms with Gasteiger partial charge in [0.15, 0.2) is 0 Å². The summed E-state index contributed by atoms with van der Waals surface area (Å²) >= 11 is 1.29. The lowest BCUT2D eigenvalue weighted by atomic mass is 10.1. The molecule has 3 N–H and O–H groups in total. The van der Waals surface area contributed by atoms with E-state index in [-0.39, 0.29) is 30.7 Å². The fourth-order valence-corrected chi connectivity index (χ4v) is 4.17. The summed E-state index contributed by atoms with van der Waals surface area (Å²) < 4.78 is 5.16. The van der Waals surface area contributed by atoms with Crippen LogP contribution in [0, 0.1) is 0 Å². The summed E-state index contributed by atoms with van der Waals surface area (Å²) in [5.41, 5.74) is 1.76. The van der Waals surface area contributed by atoms with Gasteiger partial charge in [-0.1, -0.05) is 30.3 Å². The molecule has 0 bridgehead atoms. The molecule has 0 spiro atoms. The highest BCUT2D eigenvalue weighted by molar-refractivity contribution is 7.20. The van der Waals surface area contributed by atoms with Crippen molar-refractivity contribution in [2.75, 3.05) is 30.8 Å². The molecule has 9 heteroatoms. The lowest BCUT2D eigenvalue weighted by molar-refractivity contribution is -0.122. The number of nitrogens with zero attached hydrogens (tertiary/aromatic N) is 1. The normalized spacial score (nSPS) is 11.6. The summed E-state index contributed by atoms with van der Waals surface area (Å²) in [6.07, 6.45) is 0. The van der Waals surface area contributed by atoms with Gasteiger partial charge in [-0.3, -0.25) is 14.5 Å². The zero-order valence-electron chi connectivity index (χ0n) is 19.2. The number of benzene rings is 2. The summed E-state index contributed by atoms with van der Waals surface area (Å²) in [6.45, 7) is 3.59. The Labute approximate surface area is 202 Å². The van der Waals surface area contributed by atoms with Crippen LogP contribution in [0.15, 0.2) is 60.7 Å². The number of aromatic hydroxyl groups is 1. The zero-order valence-corrected chi connectivity index (χ0v) is 20.0. The Kier molecular flexibility index (Phi) is 8.39. The van der Waals surface area contributed by atoms with Gasteiger partial charge in [-0.2, -0.15) is 0 Å². The van der Waals surface area contributed by atoms with Gasteiger partial charge in [0.2, 0.25) is 11.8 Å². The minimum Gasteiger partial charge on any atom is -0.508 e. The average Bonchev–Trinajstić information content (AvgIpc) is 3.24. The second-order valence-corrected chi connectivity index (χ2v) is 8.67. The van der Waals surface area contributed by atoms with Crippen molar-refractivity contribution in [3.8, 4) is 16.2 Å². The number of phenolic OH excluding ortho intramolecular Hbond substituents is 1. The molecule has 178 valence electrons. The molecule has 0 radical (unpaired) electrons. The van der Waals surface area contributed by atoms with Crippen LogP contribution in [0.25, 0.3) is 10.4 Å². The molecule has 0 fully saturated rings. The van der Waals surface area contributed by atoms with Crippen LogP contribution in [0.1, 0.15) is 24.2 Å². The number of phenols is 1. The van der Waals surface area contributed by atoms with Gasteiger partial charge in [-0.25, -0.2) is 4.79 Å². The van der Waals surface area contributed by atoms with Crippen molar-refractivity contribution in [1.82, 2.24) is 4.90 Å². The molecule has 8 nitrogen and oxygen atoms in total. The summed E-state index contributed by atoms with van der Waals surface area (Å²) in [6, 6.07) is 16.7. The summed E-state index contributed by atoms with van der Waals surface area (Å²) in [5.74, 6) is -1.06. The lowest BCUT2D eigenvalue weighted by Gasteiger charge is -2.23. The number of carbonyl (C=O) groups excluding carboxylic acids is 3. The average molecular weight is 482 g/mol. The van der Waals surface area contributed by atoms with Crippen LogP contribution in [-0.2, 0) is 14.3 Å². The molecule has 0 aliphatic rings. The standard InChI is InChI=1S/C25H27N3O5S/c1-4-33-25(32)20-14-21(17-8-6-5-7-9-17)34-24(20)27-23(31)16(2)28(3)15-22(30)26-18-10-12-19(29)13-11-18/h5-14,16,29H,4,15H2,1-3H3,(H,26,30)(H,27,31)/t16-/m0/s1. The molecule has 1 atom stereocenters. The smallest absolute Gasteiger partial charge is 0.341 e. The van der Waals surface area contributed by atoms with Crippen molar-refractivity contribution in [1.29, 1.82) is 0 Å². The van der Waals surface area contributed by atoms with Crippen LogP contribution in [0.2, 0.25) is 0 Å². The number of hydrogen-bond donors (Lipinski definition) is 3.